The number of furan rings is 1. The van der Waals surface area contributed by atoms with Crippen LogP contribution in [0.2, 0.25) is 5.02 Å². The Bertz CT molecular complexity index is 1120. The van der Waals surface area contributed by atoms with Gasteiger partial charge in [-0.25, -0.2) is 4.79 Å². The Morgan fingerprint density at radius 3 is 2.44 bits per heavy atom. The number of carbonyl (C=O) groups is 3. The van der Waals surface area contributed by atoms with E-state index in [-0.39, 0.29) is 30.5 Å². The molecule has 2 aromatic heterocycles. The van der Waals surface area contributed by atoms with Crippen LogP contribution in [0.1, 0.15) is 62.1 Å². The Hall–Kier alpha value is -3.32. The summed E-state index contributed by atoms with van der Waals surface area (Å²) in [5.74, 6) is -0.609. The van der Waals surface area contributed by atoms with E-state index in [4.69, 9.17) is 20.8 Å². The number of esters is 1. The van der Waals surface area contributed by atoms with Gasteiger partial charge >= 0.3 is 5.97 Å². The molecular formula is C24H25ClN2O5. The zero-order valence-electron chi connectivity index (χ0n) is 18.4. The third kappa shape index (κ3) is 4.78. The number of aromatic amines is 1. The number of halogens is 1. The summed E-state index contributed by atoms with van der Waals surface area (Å²) < 4.78 is 10.5. The van der Waals surface area contributed by atoms with E-state index in [9.17, 15) is 14.4 Å². The molecule has 32 heavy (non-hydrogen) atoms. The van der Waals surface area contributed by atoms with Gasteiger partial charge in [0.05, 0.1) is 25.5 Å². The van der Waals surface area contributed by atoms with Crippen molar-refractivity contribution in [3.63, 3.8) is 0 Å². The number of hydrogen-bond donors (Lipinski definition) is 1. The van der Waals surface area contributed by atoms with Crippen LogP contribution in [0.15, 0.2) is 47.1 Å². The molecule has 1 amide bonds. The highest BCUT2D eigenvalue weighted by atomic mass is 35.5. The van der Waals surface area contributed by atoms with Gasteiger partial charge in [0.15, 0.2) is 5.78 Å². The monoisotopic (exact) mass is 456 g/mol. The van der Waals surface area contributed by atoms with Crippen molar-refractivity contribution in [2.45, 2.75) is 40.3 Å². The number of H-pyrrole nitrogens is 1. The molecule has 0 bridgehead atoms. The van der Waals surface area contributed by atoms with E-state index in [0.717, 1.165) is 0 Å². The third-order valence-electron chi connectivity index (χ3n) is 5.27. The number of rotatable bonds is 8. The fraction of sp³-hybridized carbons (Fsp3) is 0.292. The summed E-state index contributed by atoms with van der Waals surface area (Å²) >= 11 is 5.95. The molecule has 1 unspecified atom stereocenters. The average molecular weight is 457 g/mol. The largest absolute Gasteiger partial charge is 0.467 e. The Kier molecular flexibility index (Phi) is 7.20. The Balaban J connectivity index is 1.96. The molecule has 0 radical (unpaired) electrons. The van der Waals surface area contributed by atoms with Crippen LogP contribution < -0.4 is 0 Å². The molecule has 3 aromatic rings. The highest BCUT2D eigenvalue weighted by Crippen LogP contribution is 2.24. The summed E-state index contributed by atoms with van der Waals surface area (Å²) in [5, 5.41) is 0.508. The van der Waals surface area contributed by atoms with Crippen LogP contribution >= 0.6 is 11.6 Å². The fourth-order valence-electron chi connectivity index (χ4n) is 3.59. The van der Waals surface area contributed by atoms with E-state index in [1.165, 1.54) is 11.2 Å². The number of nitrogens with one attached hydrogen (secondary N) is 1. The zero-order chi connectivity index (χ0) is 23.4. The summed E-state index contributed by atoms with van der Waals surface area (Å²) in [7, 11) is 0. The van der Waals surface area contributed by atoms with Crippen molar-refractivity contribution in [1.82, 2.24) is 9.88 Å². The Labute approximate surface area is 191 Å². The molecule has 3 rings (SSSR count). The molecule has 2 heterocycles. The van der Waals surface area contributed by atoms with Gasteiger partial charge in [-0.05, 0) is 69.7 Å². The standard InChI is InChI=1S/C24H25ClN2O5/c1-5-31-24(30)21-14(2)20(15(3)26-21)22(28)16(4)27(13-19-7-6-12-32-19)23(29)17-8-10-18(25)11-9-17/h6-12,16,26H,5,13H2,1-4H3. The molecule has 0 saturated heterocycles. The van der Waals surface area contributed by atoms with E-state index in [1.54, 1.807) is 64.1 Å². The second kappa shape index (κ2) is 9.87. The lowest BCUT2D eigenvalue weighted by molar-refractivity contribution is 0.0518. The lowest BCUT2D eigenvalue weighted by Gasteiger charge is -2.28. The lowest BCUT2D eigenvalue weighted by Crippen LogP contribution is -2.43. The SMILES string of the molecule is CCOC(=O)c1[nH]c(C)c(C(=O)C(C)N(Cc2ccco2)C(=O)c2ccc(Cl)cc2)c1C. The second-order valence-electron chi connectivity index (χ2n) is 7.41. The van der Waals surface area contributed by atoms with Gasteiger partial charge in [-0.2, -0.15) is 0 Å². The van der Waals surface area contributed by atoms with Crippen molar-refractivity contribution in [1.29, 1.82) is 0 Å². The minimum absolute atomic E-state index is 0.106. The molecule has 0 fully saturated rings. The molecule has 1 atom stereocenters. The van der Waals surface area contributed by atoms with Crippen LogP contribution in [-0.2, 0) is 11.3 Å². The van der Waals surface area contributed by atoms with E-state index in [0.29, 0.717) is 33.2 Å². The third-order valence-corrected chi connectivity index (χ3v) is 5.52. The van der Waals surface area contributed by atoms with Crippen molar-refractivity contribution in [2.24, 2.45) is 0 Å². The van der Waals surface area contributed by atoms with Crippen LogP contribution in [-0.4, -0.2) is 40.2 Å². The first-order valence-corrected chi connectivity index (χ1v) is 10.6. The summed E-state index contributed by atoms with van der Waals surface area (Å²) in [6, 6.07) is 9.11. The van der Waals surface area contributed by atoms with Crippen LogP contribution in [0.3, 0.4) is 0 Å². The number of aromatic nitrogens is 1. The number of hydrogen-bond acceptors (Lipinski definition) is 5. The number of amides is 1. The van der Waals surface area contributed by atoms with Gasteiger partial charge in [0.2, 0.25) is 0 Å². The van der Waals surface area contributed by atoms with Crippen LogP contribution in [0.25, 0.3) is 0 Å². The van der Waals surface area contributed by atoms with Crippen LogP contribution in [0.4, 0.5) is 0 Å². The fourth-order valence-corrected chi connectivity index (χ4v) is 3.72. The molecule has 0 saturated carbocycles. The molecule has 0 spiro atoms. The first-order chi connectivity index (χ1) is 15.2. The van der Waals surface area contributed by atoms with Crippen molar-refractivity contribution < 1.29 is 23.5 Å². The van der Waals surface area contributed by atoms with Gasteiger partial charge < -0.3 is 19.0 Å². The molecular weight excluding hydrogens is 432 g/mol. The predicted octanol–water partition coefficient (Wildman–Crippen LogP) is 4.97. The summed E-state index contributed by atoms with van der Waals surface area (Å²) in [6.07, 6.45) is 1.51. The number of aryl methyl sites for hydroxylation is 1. The number of ether oxygens (including phenoxy) is 1. The molecule has 0 aliphatic carbocycles. The number of ketones is 1. The number of carbonyl (C=O) groups excluding carboxylic acids is 3. The molecule has 0 aliphatic heterocycles. The van der Waals surface area contributed by atoms with Crippen LogP contribution in [0.5, 0.6) is 0 Å². The maximum absolute atomic E-state index is 13.5. The highest BCUT2D eigenvalue weighted by molar-refractivity contribution is 6.30. The lowest BCUT2D eigenvalue weighted by atomic mass is 9.99. The zero-order valence-corrected chi connectivity index (χ0v) is 19.2. The number of Topliss-reactive ketones (excluding diaryl/α,β-unsaturated/α-hetero) is 1. The Morgan fingerprint density at radius 1 is 1.16 bits per heavy atom. The topological polar surface area (TPSA) is 92.6 Å². The minimum Gasteiger partial charge on any atom is -0.467 e. The number of benzene rings is 1. The van der Waals surface area contributed by atoms with Crippen molar-refractivity contribution >= 4 is 29.3 Å². The van der Waals surface area contributed by atoms with E-state index in [2.05, 4.69) is 4.98 Å². The van der Waals surface area contributed by atoms with Gasteiger partial charge in [0, 0.05) is 21.8 Å². The first-order valence-electron chi connectivity index (χ1n) is 10.2. The van der Waals surface area contributed by atoms with Gasteiger partial charge in [0.1, 0.15) is 11.5 Å². The first kappa shape index (κ1) is 23.3. The quantitative estimate of drug-likeness (QED) is 0.381. The summed E-state index contributed by atoms with van der Waals surface area (Å²) in [5.41, 5.74) is 2.04. The van der Waals surface area contributed by atoms with Crippen molar-refractivity contribution in [3.05, 3.63) is 81.5 Å². The second-order valence-corrected chi connectivity index (χ2v) is 7.84. The van der Waals surface area contributed by atoms with Crippen molar-refractivity contribution in [3.8, 4) is 0 Å². The molecule has 7 nitrogen and oxygen atoms in total. The van der Waals surface area contributed by atoms with Gasteiger partial charge in [-0.3, -0.25) is 9.59 Å². The summed E-state index contributed by atoms with van der Waals surface area (Å²) in [4.78, 5) is 43.5. The van der Waals surface area contributed by atoms with Crippen molar-refractivity contribution in [2.75, 3.05) is 6.61 Å². The molecule has 1 aromatic carbocycles. The normalized spacial score (nSPS) is 11.8. The van der Waals surface area contributed by atoms with Gasteiger partial charge in [-0.15, -0.1) is 0 Å². The number of nitrogens with zero attached hydrogens (tertiary/aromatic N) is 1. The van der Waals surface area contributed by atoms with Gasteiger partial charge in [0.25, 0.3) is 5.91 Å². The summed E-state index contributed by atoms with van der Waals surface area (Å²) in [6.45, 7) is 7.11. The van der Waals surface area contributed by atoms with E-state index in [1.807, 2.05) is 0 Å². The molecule has 168 valence electrons. The van der Waals surface area contributed by atoms with Gasteiger partial charge in [-0.1, -0.05) is 11.6 Å². The minimum atomic E-state index is -0.827. The molecule has 0 aliphatic rings. The maximum Gasteiger partial charge on any atom is 0.355 e. The molecule has 1 N–H and O–H groups in total. The van der Waals surface area contributed by atoms with E-state index >= 15 is 0 Å². The smallest absolute Gasteiger partial charge is 0.355 e. The Morgan fingerprint density at radius 2 is 1.84 bits per heavy atom. The van der Waals surface area contributed by atoms with E-state index < -0.39 is 12.0 Å². The average Bonchev–Trinajstić information content (AvgIpc) is 3.38. The highest BCUT2D eigenvalue weighted by Gasteiger charge is 2.32. The predicted molar refractivity (Wildman–Crippen MR) is 120 cm³/mol. The maximum atomic E-state index is 13.5. The molecule has 8 heteroatoms. The van der Waals surface area contributed by atoms with Crippen LogP contribution in [0, 0.1) is 13.8 Å².